The van der Waals surface area contributed by atoms with Crippen LogP contribution in [0, 0.1) is 0 Å². The highest BCUT2D eigenvalue weighted by molar-refractivity contribution is 7.89. The van der Waals surface area contributed by atoms with E-state index >= 15 is 0 Å². The summed E-state index contributed by atoms with van der Waals surface area (Å²) in [5, 5.41) is 9.00. The maximum atomic E-state index is 13.9. The monoisotopic (exact) mass is 487 g/mol. The molecule has 0 saturated carbocycles. The molecule has 1 aliphatic carbocycles. The zero-order valence-corrected chi connectivity index (χ0v) is 22.1. The molecule has 0 spiro atoms. The summed E-state index contributed by atoms with van der Waals surface area (Å²) < 4.78 is 34.8. The Morgan fingerprint density at radius 1 is 1.06 bits per heavy atom. The van der Waals surface area contributed by atoms with E-state index in [1.54, 1.807) is 31.3 Å². The molecule has 1 aliphatic rings. The molecular formula is C27H37NO5S. The Morgan fingerprint density at radius 2 is 1.65 bits per heavy atom. The van der Waals surface area contributed by atoms with Crippen LogP contribution < -0.4 is 4.74 Å². The molecule has 2 aromatic carbocycles. The second-order valence-electron chi connectivity index (χ2n) is 11.2. The van der Waals surface area contributed by atoms with Gasteiger partial charge in [-0.15, -0.1) is 0 Å². The Morgan fingerprint density at radius 3 is 2.18 bits per heavy atom. The number of benzene rings is 2. The van der Waals surface area contributed by atoms with E-state index in [-0.39, 0.29) is 16.9 Å². The predicted octanol–water partition coefficient (Wildman–Crippen LogP) is 5.44. The van der Waals surface area contributed by atoms with E-state index in [1.807, 2.05) is 6.07 Å². The molecule has 3 rings (SSSR count). The summed E-state index contributed by atoms with van der Waals surface area (Å²) in [6, 6.07) is 10.8. The van der Waals surface area contributed by atoms with Gasteiger partial charge in [0.2, 0.25) is 10.0 Å². The number of aliphatic carboxylic acids is 1. The first-order valence-corrected chi connectivity index (χ1v) is 13.2. The van der Waals surface area contributed by atoms with Gasteiger partial charge in [-0.25, -0.2) is 13.2 Å². The van der Waals surface area contributed by atoms with Crippen molar-refractivity contribution in [3.63, 3.8) is 0 Å². The van der Waals surface area contributed by atoms with E-state index in [4.69, 9.17) is 9.84 Å². The predicted molar refractivity (Wildman–Crippen MR) is 134 cm³/mol. The van der Waals surface area contributed by atoms with Gasteiger partial charge >= 0.3 is 5.97 Å². The highest BCUT2D eigenvalue weighted by Gasteiger charge is 2.34. The van der Waals surface area contributed by atoms with Gasteiger partial charge in [-0.1, -0.05) is 59.7 Å². The Bertz CT molecular complexity index is 1140. The molecule has 0 aromatic heterocycles. The molecule has 0 unspecified atom stereocenters. The topological polar surface area (TPSA) is 83.9 Å². The van der Waals surface area contributed by atoms with Gasteiger partial charge in [-0.3, -0.25) is 0 Å². The second kappa shape index (κ2) is 9.34. The quantitative estimate of drug-likeness (QED) is 0.586. The van der Waals surface area contributed by atoms with Gasteiger partial charge in [0.15, 0.2) is 6.61 Å². The Hall–Kier alpha value is -2.38. The smallest absolute Gasteiger partial charge is 0.341 e. The number of carboxylic acid groups (broad SMARTS) is 1. The summed E-state index contributed by atoms with van der Waals surface area (Å²) in [5.74, 6) is -0.529. The Balaban J connectivity index is 2.06. The fourth-order valence-electron chi connectivity index (χ4n) is 4.39. The van der Waals surface area contributed by atoms with Gasteiger partial charge in [-0.2, -0.15) is 4.31 Å². The average molecular weight is 488 g/mol. The van der Waals surface area contributed by atoms with Crippen LogP contribution in [-0.4, -0.2) is 37.5 Å². The lowest BCUT2D eigenvalue weighted by atomic mass is 9.81. The summed E-state index contributed by atoms with van der Waals surface area (Å²) in [7, 11) is -2.15. The van der Waals surface area contributed by atoms with Crippen molar-refractivity contribution >= 4 is 16.0 Å². The van der Waals surface area contributed by atoms with Crippen LogP contribution in [0.4, 0.5) is 0 Å². The number of sulfonamides is 1. The first-order chi connectivity index (χ1) is 15.6. The van der Waals surface area contributed by atoms with Gasteiger partial charge in [0.25, 0.3) is 0 Å². The van der Waals surface area contributed by atoms with Crippen LogP contribution in [0.3, 0.4) is 0 Å². The molecule has 0 saturated heterocycles. The average Bonchev–Trinajstić information content (AvgIpc) is 2.75. The number of rotatable bonds is 6. The number of hydrogen-bond acceptors (Lipinski definition) is 4. The second-order valence-corrected chi connectivity index (χ2v) is 13.2. The molecule has 2 aromatic rings. The van der Waals surface area contributed by atoms with Crippen molar-refractivity contribution in [1.29, 1.82) is 0 Å². The molecule has 6 nitrogen and oxygen atoms in total. The van der Waals surface area contributed by atoms with E-state index in [1.165, 1.54) is 4.31 Å². The van der Waals surface area contributed by atoms with Crippen LogP contribution in [0.5, 0.6) is 5.75 Å². The molecule has 7 heteroatoms. The maximum Gasteiger partial charge on any atom is 0.341 e. The van der Waals surface area contributed by atoms with Gasteiger partial charge in [0, 0.05) is 7.05 Å². The Labute approximate surface area is 204 Å². The van der Waals surface area contributed by atoms with E-state index in [0.29, 0.717) is 17.1 Å². The van der Waals surface area contributed by atoms with E-state index in [9.17, 15) is 13.2 Å². The highest BCUT2D eigenvalue weighted by atomic mass is 32.2. The minimum absolute atomic E-state index is 0.197. The van der Waals surface area contributed by atoms with Crippen molar-refractivity contribution in [2.45, 2.75) is 82.6 Å². The zero-order valence-electron chi connectivity index (χ0n) is 21.3. The van der Waals surface area contributed by atoms with Crippen LogP contribution in [0.1, 0.15) is 82.7 Å². The van der Waals surface area contributed by atoms with Crippen molar-refractivity contribution in [2.24, 2.45) is 0 Å². The van der Waals surface area contributed by atoms with E-state index in [2.05, 4.69) is 47.6 Å². The fraction of sp³-hybridized carbons (Fsp3) is 0.519. The molecule has 0 amide bonds. The number of fused-ring (bicyclic) bond motifs is 1. The van der Waals surface area contributed by atoms with Crippen LogP contribution in [-0.2, 0) is 32.1 Å². The van der Waals surface area contributed by atoms with Gasteiger partial charge in [-0.05, 0) is 70.5 Å². The first kappa shape index (κ1) is 26.2. The fourth-order valence-corrected chi connectivity index (χ4v) is 5.83. The maximum absolute atomic E-state index is 13.9. The minimum Gasteiger partial charge on any atom is -0.482 e. The lowest BCUT2D eigenvalue weighted by Gasteiger charge is -2.34. The SMILES string of the molecule is CN([C@@H]1CCCc2c(OCC(=O)O)cccc21)S(=O)(=O)c1cc(C(C)(C)C)cc(C(C)(C)C)c1. The summed E-state index contributed by atoms with van der Waals surface area (Å²) in [5.41, 5.74) is 3.35. The van der Waals surface area contributed by atoms with Crippen molar-refractivity contribution in [1.82, 2.24) is 4.31 Å². The lowest BCUT2D eigenvalue weighted by Crippen LogP contribution is -2.34. The van der Waals surface area contributed by atoms with Crippen molar-refractivity contribution in [3.05, 3.63) is 58.7 Å². The summed E-state index contributed by atoms with van der Waals surface area (Å²) in [6.07, 6.45) is 2.21. The van der Waals surface area contributed by atoms with Gasteiger partial charge < -0.3 is 9.84 Å². The summed E-state index contributed by atoms with van der Waals surface area (Å²) in [6.45, 7) is 12.1. The van der Waals surface area contributed by atoms with Crippen LogP contribution in [0.2, 0.25) is 0 Å². The number of ether oxygens (including phenoxy) is 1. The number of carbonyl (C=O) groups is 1. The summed E-state index contributed by atoms with van der Waals surface area (Å²) >= 11 is 0. The third-order valence-corrected chi connectivity index (χ3v) is 8.38. The number of hydrogen-bond donors (Lipinski definition) is 1. The van der Waals surface area contributed by atoms with E-state index < -0.39 is 22.6 Å². The molecule has 1 atom stereocenters. The highest BCUT2D eigenvalue weighted by Crippen LogP contribution is 2.41. The van der Waals surface area contributed by atoms with Gasteiger partial charge in [0.05, 0.1) is 10.9 Å². The van der Waals surface area contributed by atoms with Crippen LogP contribution >= 0.6 is 0 Å². The number of nitrogens with zero attached hydrogens (tertiary/aromatic N) is 1. The third-order valence-electron chi connectivity index (χ3n) is 6.54. The largest absolute Gasteiger partial charge is 0.482 e. The van der Waals surface area contributed by atoms with Crippen molar-refractivity contribution < 1.29 is 23.1 Å². The number of carboxylic acids is 1. The molecule has 34 heavy (non-hydrogen) atoms. The normalized spacial score (nSPS) is 16.9. The standard InChI is InChI=1S/C27H37NO5S/c1-26(2,3)18-14-19(27(4,5)6)16-20(15-18)34(31,32)28(7)23-12-8-11-22-21(23)10-9-13-24(22)33-17-25(29)30/h9-10,13-16,23H,8,11-12,17H2,1-7H3,(H,29,30)/t23-/m1/s1. The zero-order chi connectivity index (χ0) is 25.5. The molecule has 0 radical (unpaired) electrons. The molecule has 1 N–H and O–H groups in total. The third kappa shape index (κ3) is 5.47. The lowest BCUT2D eigenvalue weighted by molar-refractivity contribution is -0.139. The van der Waals surface area contributed by atoms with E-state index in [0.717, 1.165) is 35.1 Å². The minimum atomic E-state index is -3.79. The molecule has 0 aliphatic heterocycles. The van der Waals surface area contributed by atoms with Crippen LogP contribution in [0.25, 0.3) is 0 Å². The summed E-state index contributed by atoms with van der Waals surface area (Å²) in [4.78, 5) is 11.3. The van der Waals surface area contributed by atoms with Crippen molar-refractivity contribution in [3.8, 4) is 5.75 Å². The molecule has 0 heterocycles. The van der Waals surface area contributed by atoms with Crippen molar-refractivity contribution in [2.75, 3.05) is 13.7 Å². The first-order valence-electron chi connectivity index (χ1n) is 11.7. The van der Waals surface area contributed by atoms with Crippen LogP contribution in [0.15, 0.2) is 41.3 Å². The molecular weight excluding hydrogens is 450 g/mol. The van der Waals surface area contributed by atoms with Gasteiger partial charge in [0.1, 0.15) is 5.75 Å². The molecule has 0 bridgehead atoms. The Kier molecular flexibility index (Phi) is 7.21. The molecule has 0 fully saturated rings. The molecule has 186 valence electrons.